The second-order valence-corrected chi connectivity index (χ2v) is 4.00. The maximum Gasteiger partial charge on any atom is 0.310 e. The van der Waals surface area contributed by atoms with E-state index >= 15 is 0 Å². The Bertz CT molecular complexity index is 387. The van der Waals surface area contributed by atoms with Crippen LogP contribution >= 0.6 is 15.9 Å². The highest BCUT2D eigenvalue weighted by Gasteiger charge is 2.16. The van der Waals surface area contributed by atoms with E-state index in [1.165, 1.54) is 13.2 Å². The number of methoxy groups -OCH3 is 1. The van der Waals surface area contributed by atoms with Gasteiger partial charge >= 0.3 is 5.97 Å². The molecule has 0 radical (unpaired) electrons. The highest BCUT2D eigenvalue weighted by molar-refractivity contribution is 9.10. The molecule has 0 spiro atoms. The summed E-state index contributed by atoms with van der Waals surface area (Å²) >= 11 is 3.14. The molecule has 3 nitrogen and oxygen atoms in total. The van der Waals surface area contributed by atoms with E-state index in [1.807, 2.05) is 0 Å². The first-order chi connectivity index (χ1) is 7.45. The number of hydrogen-bond acceptors (Lipinski definition) is 3. The van der Waals surface area contributed by atoms with E-state index in [0.29, 0.717) is 15.7 Å². The zero-order valence-corrected chi connectivity index (χ0v) is 10.3. The van der Waals surface area contributed by atoms with Crippen molar-refractivity contribution in [2.75, 3.05) is 7.11 Å². The number of carbonyl (C=O) groups is 1. The summed E-state index contributed by atoms with van der Waals surface area (Å²) < 4.78 is 29.8. The van der Waals surface area contributed by atoms with Gasteiger partial charge in [0.15, 0.2) is 0 Å². The van der Waals surface area contributed by atoms with Crippen LogP contribution in [0.1, 0.15) is 23.4 Å². The largest absolute Gasteiger partial charge is 0.469 e. The summed E-state index contributed by atoms with van der Waals surface area (Å²) in [4.78, 5) is 14.8. The molecule has 1 rings (SSSR count). The number of aryl methyl sites for hydroxylation is 1. The summed E-state index contributed by atoms with van der Waals surface area (Å²) in [7, 11) is 1.27. The van der Waals surface area contributed by atoms with Crippen LogP contribution < -0.4 is 0 Å². The number of ether oxygens (including phenoxy) is 1. The van der Waals surface area contributed by atoms with Crippen molar-refractivity contribution < 1.29 is 18.3 Å². The SMILES string of the molecule is COC(=O)Cc1c(Br)cc(C(F)F)nc1C. The lowest BCUT2D eigenvalue weighted by Gasteiger charge is -2.09. The van der Waals surface area contributed by atoms with Gasteiger partial charge in [-0.15, -0.1) is 0 Å². The molecule has 0 N–H and O–H groups in total. The summed E-state index contributed by atoms with van der Waals surface area (Å²) in [5.41, 5.74) is 0.657. The molecular weight excluding hydrogens is 284 g/mol. The molecule has 0 aliphatic rings. The first kappa shape index (κ1) is 13.0. The van der Waals surface area contributed by atoms with Gasteiger partial charge in [-0.05, 0) is 18.6 Å². The maximum absolute atomic E-state index is 12.4. The van der Waals surface area contributed by atoms with Crippen molar-refractivity contribution in [1.82, 2.24) is 4.98 Å². The second-order valence-electron chi connectivity index (χ2n) is 3.15. The van der Waals surface area contributed by atoms with E-state index in [2.05, 4.69) is 25.7 Å². The van der Waals surface area contributed by atoms with Crippen molar-refractivity contribution >= 4 is 21.9 Å². The molecule has 6 heteroatoms. The van der Waals surface area contributed by atoms with E-state index in [9.17, 15) is 13.6 Å². The highest BCUT2D eigenvalue weighted by Crippen LogP contribution is 2.26. The van der Waals surface area contributed by atoms with Crippen molar-refractivity contribution in [3.63, 3.8) is 0 Å². The fourth-order valence-electron chi connectivity index (χ4n) is 1.22. The van der Waals surface area contributed by atoms with Gasteiger partial charge in [0.2, 0.25) is 0 Å². The molecule has 0 saturated carbocycles. The fraction of sp³-hybridized carbons (Fsp3) is 0.400. The summed E-state index contributed by atoms with van der Waals surface area (Å²) in [5.74, 6) is -0.435. The Kier molecular flexibility index (Phi) is 4.35. The average Bonchev–Trinajstić information content (AvgIpc) is 2.22. The Balaban J connectivity index is 3.07. The van der Waals surface area contributed by atoms with E-state index in [0.717, 1.165) is 0 Å². The number of hydrogen-bond donors (Lipinski definition) is 0. The first-order valence-electron chi connectivity index (χ1n) is 4.46. The fourth-order valence-corrected chi connectivity index (χ4v) is 1.89. The zero-order chi connectivity index (χ0) is 12.3. The standard InChI is InChI=1S/C10H10BrF2NO2/c1-5-6(3-9(15)16-2)7(11)4-8(14-5)10(12)13/h4,10H,3H2,1-2H3. The molecule has 1 aromatic heterocycles. The van der Waals surface area contributed by atoms with E-state index in [1.54, 1.807) is 6.92 Å². The molecule has 1 heterocycles. The molecule has 0 atom stereocenters. The van der Waals surface area contributed by atoms with E-state index in [4.69, 9.17) is 0 Å². The van der Waals surface area contributed by atoms with Gasteiger partial charge in [0, 0.05) is 10.2 Å². The van der Waals surface area contributed by atoms with Gasteiger partial charge in [-0.1, -0.05) is 15.9 Å². The van der Waals surface area contributed by atoms with E-state index in [-0.39, 0.29) is 12.1 Å². The molecule has 0 aliphatic heterocycles. The maximum atomic E-state index is 12.4. The Labute approximate surface area is 99.9 Å². The van der Waals surface area contributed by atoms with Gasteiger partial charge in [0.25, 0.3) is 6.43 Å². The minimum Gasteiger partial charge on any atom is -0.469 e. The Morgan fingerprint density at radius 3 is 2.69 bits per heavy atom. The minimum atomic E-state index is -2.62. The van der Waals surface area contributed by atoms with Crippen LogP contribution in [0.3, 0.4) is 0 Å². The van der Waals surface area contributed by atoms with Crippen LogP contribution in [0.5, 0.6) is 0 Å². The van der Waals surface area contributed by atoms with E-state index < -0.39 is 12.4 Å². The third kappa shape index (κ3) is 2.98. The van der Waals surface area contributed by atoms with Crippen LogP contribution in [-0.4, -0.2) is 18.1 Å². The van der Waals surface area contributed by atoms with Crippen molar-refractivity contribution in [2.24, 2.45) is 0 Å². The molecule has 0 fully saturated rings. The minimum absolute atomic E-state index is 0.0133. The summed E-state index contributed by atoms with van der Waals surface area (Å²) in [6.07, 6.45) is -2.61. The molecule has 0 aromatic carbocycles. The lowest BCUT2D eigenvalue weighted by atomic mass is 10.1. The molecule has 0 aliphatic carbocycles. The van der Waals surface area contributed by atoms with Crippen LogP contribution in [0.25, 0.3) is 0 Å². The molecular formula is C10H10BrF2NO2. The molecule has 0 unspecified atom stereocenters. The Morgan fingerprint density at radius 1 is 1.62 bits per heavy atom. The van der Waals surface area contributed by atoms with Crippen molar-refractivity contribution in [1.29, 1.82) is 0 Å². The Morgan fingerprint density at radius 2 is 2.25 bits per heavy atom. The quantitative estimate of drug-likeness (QED) is 0.805. The number of alkyl halides is 2. The third-order valence-corrected chi connectivity index (χ3v) is 2.78. The molecule has 1 aromatic rings. The van der Waals surface area contributed by atoms with Gasteiger partial charge in [0.05, 0.1) is 13.5 Å². The van der Waals surface area contributed by atoms with Gasteiger partial charge in [0.1, 0.15) is 5.69 Å². The number of pyridine rings is 1. The Hall–Kier alpha value is -1.04. The lowest BCUT2D eigenvalue weighted by molar-refractivity contribution is -0.139. The predicted molar refractivity (Wildman–Crippen MR) is 57.4 cm³/mol. The number of rotatable bonds is 3. The summed E-state index contributed by atoms with van der Waals surface area (Å²) in [6, 6.07) is 1.22. The molecule has 0 bridgehead atoms. The highest BCUT2D eigenvalue weighted by atomic mass is 79.9. The lowest BCUT2D eigenvalue weighted by Crippen LogP contribution is -2.08. The topological polar surface area (TPSA) is 39.2 Å². The van der Waals surface area contributed by atoms with Gasteiger partial charge < -0.3 is 4.74 Å². The normalized spacial score (nSPS) is 10.6. The molecule has 16 heavy (non-hydrogen) atoms. The summed E-state index contributed by atoms with van der Waals surface area (Å²) in [6.45, 7) is 1.58. The monoisotopic (exact) mass is 293 g/mol. The third-order valence-electron chi connectivity index (χ3n) is 2.07. The average molecular weight is 294 g/mol. The van der Waals surface area contributed by atoms with Crippen LogP contribution in [0.2, 0.25) is 0 Å². The van der Waals surface area contributed by atoms with Gasteiger partial charge in [-0.25, -0.2) is 8.78 Å². The van der Waals surface area contributed by atoms with Crippen LogP contribution in [-0.2, 0) is 16.0 Å². The van der Waals surface area contributed by atoms with Gasteiger partial charge in [-0.3, -0.25) is 9.78 Å². The van der Waals surface area contributed by atoms with Crippen molar-refractivity contribution in [2.45, 2.75) is 19.8 Å². The zero-order valence-electron chi connectivity index (χ0n) is 8.76. The molecule has 88 valence electrons. The van der Waals surface area contributed by atoms with Gasteiger partial charge in [-0.2, -0.15) is 0 Å². The smallest absolute Gasteiger partial charge is 0.310 e. The molecule has 0 amide bonds. The number of esters is 1. The van der Waals surface area contributed by atoms with Crippen LogP contribution in [0.15, 0.2) is 10.5 Å². The first-order valence-corrected chi connectivity index (χ1v) is 5.26. The van der Waals surface area contributed by atoms with Crippen LogP contribution in [0, 0.1) is 6.92 Å². The predicted octanol–water partition coefficient (Wildman–Crippen LogP) is 2.81. The van der Waals surface area contributed by atoms with Crippen molar-refractivity contribution in [3.05, 3.63) is 27.5 Å². The number of nitrogens with zero attached hydrogens (tertiary/aromatic N) is 1. The molecule has 0 saturated heterocycles. The summed E-state index contributed by atoms with van der Waals surface area (Å²) in [5, 5.41) is 0. The number of halogens is 3. The van der Waals surface area contributed by atoms with Crippen molar-refractivity contribution in [3.8, 4) is 0 Å². The number of carbonyl (C=O) groups excluding carboxylic acids is 1. The number of aromatic nitrogens is 1. The van der Waals surface area contributed by atoms with Crippen LogP contribution in [0.4, 0.5) is 8.78 Å². The second kappa shape index (κ2) is 5.34.